The lowest BCUT2D eigenvalue weighted by Gasteiger charge is -2.25. The number of methoxy groups -OCH3 is 1. The van der Waals surface area contributed by atoms with Gasteiger partial charge in [-0.3, -0.25) is 14.6 Å². The van der Waals surface area contributed by atoms with Crippen molar-refractivity contribution in [1.29, 1.82) is 0 Å². The monoisotopic (exact) mass is 317 g/mol. The fraction of sp³-hybridized carbons (Fsp3) is 0.529. The van der Waals surface area contributed by atoms with Gasteiger partial charge < -0.3 is 9.15 Å². The highest BCUT2D eigenvalue weighted by Crippen LogP contribution is 2.24. The van der Waals surface area contributed by atoms with Crippen molar-refractivity contribution < 1.29 is 13.9 Å². The molecule has 1 aromatic carbocycles. The number of ether oxygens (including phenoxy) is 1. The van der Waals surface area contributed by atoms with Gasteiger partial charge in [0.2, 0.25) is 5.89 Å². The lowest BCUT2D eigenvalue weighted by molar-refractivity contribution is -0.141. The summed E-state index contributed by atoms with van der Waals surface area (Å²) in [6.45, 7) is 6.10. The van der Waals surface area contributed by atoms with Crippen LogP contribution in [-0.4, -0.2) is 60.6 Å². The molecule has 23 heavy (non-hydrogen) atoms. The van der Waals surface area contributed by atoms with Gasteiger partial charge in [0.25, 0.3) is 0 Å². The second kappa shape index (κ2) is 7.10. The fourth-order valence-corrected chi connectivity index (χ4v) is 3.01. The molecule has 6 heteroatoms. The largest absolute Gasteiger partial charge is 0.468 e. The van der Waals surface area contributed by atoms with E-state index >= 15 is 0 Å². The third kappa shape index (κ3) is 3.71. The Morgan fingerprint density at radius 2 is 2.13 bits per heavy atom. The topological polar surface area (TPSA) is 58.8 Å². The van der Waals surface area contributed by atoms with Crippen molar-refractivity contribution in [2.24, 2.45) is 0 Å². The normalized spacial score (nSPS) is 18.7. The molecule has 1 aliphatic heterocycles. The Labute approximate surface area is 136 Å². The Balaban J connectivity index is 1.65. The first-order valence-electron chi connectivity index (χ1n) is 8.06. The number of fused-ring (bicyclic) bond motifs is 1. The average Bonchev–Trinajstić information content (AvgIpc) is 2.87. The van der Waals surface area contributed by atoms with Crippen LogP contribution in [0.5, 0.6) is 0 Å². The highest BCUT2D eigenvalue weighted by molar-refractivity contribution is 5.72. The summed E-state index contributed by atoms with van der Waals surface area (Å²) in [7, 11) is 1.43. The van der Waals surface area contributed by atoms with Gasteiger partial charge in [0, 0.05) is 26.2 Å². The maximum absolute atomic E-state index is 11.4. The van der Waals surface area contributed by atoms with Crippen LogP contribution < -0.4 is 0 Å². The van der Waals surface area contributed by atoms with Crippen molar-refractivity contribution in [2.45, 2.75) is 19.4 Å². The molecule has 1 saturated heterocycles. The van der Waals surface area contributed by atoms with Gasteiger partial charge in [0.05, 0.1) is 19.7 Å². The van der Waals surface area contributed by atoms with Crippen LogP contribution in [0.25, 0.3) is 11.1 Å². The summed E-state index contributed by atoms with van der Waals surface area (Å²) in [5.74, 6) is 0.582. The molecular weight excluding hydrogens is 294 g/mol. The van der Waals surface area contributed by atoms with Crippen LogP contribution in [0.2, 0.25) is 0 Å². The summed E-state index contributed by atoms with van der Waals surface area (Å²) in [5.41, 5.74) is 1.73. The zero-order valence-corrected chi connectivity index (χ0v) is 13.7. The minimum absolute atomic E-state index is 0.125. The number of oxazole rings is 1. The molecule has 1 unspecified atom stereocenters. The van der Waals surface area contributed by atoms with E-state index in [1.165, 1.54) is 7.11 Å². The number of benzene rings is 1. The lowest BCUT2D eigenvalue weighted by Crippen LogP contribution is -2.35. The van der Waals surface area contributed by atoms with Crippen LogP contribution in [-0.2, 0) is 9.53 Å². The summed E-state index contributed by atoms with van der Waals surface area (Å²) in [6, 6.07) is 7.96. The maximum Gasteiger partial charge on any atom is 0.319 e. The molecule has 0 saturated carbocycles. The van der Waals surface area contributed by atoms with Crippen molar-refractivity contribution in [3.05, 3.63) is 30.2 Å². The first-order chi connectivity index (χ1) is 11.2. The highest BCUT2D eigenvalue weighted by atomic mass is 16.5. The molecule has 1 aromatic heterocycles. The Morgan fingerprint density at radius 3 is 2.91 bits per heavy atom. The number of aromatic nitrogens is 1. The van der Waals surface area contributed by atoms with Crippen LogP contribution in [0.15, 0.2) is 28.7 Å². The van der Waals surface area contributed by atoms with E-state index in [2.05, 4.69) is 21.7 Å². The Hall–Kier alpha value is -1.92. The van der Waals surface area contributed by atoms with Crippen molar-refractivity contribution >= 4 is 17.1 Å². The quantitative estimate of drug-likeness (QED) is 0.805. The van der Waals surface area contributed by atoms with Crippen molar-refractivity contribution in [3.63, 3.8) is 0 Å². The maximum atomic E-state index is 11.4. The molecular formula is C17H23N3O3. The van der Waals surface area contributed by atoms with Gasteiger partial charge in [-0.15, -0.1) is 0 Å². The molecule has 0 bridgehead atoms. The summed E-state index contributed by atoms with van der Waals surface area (Å²) in [6.07, 6.45) is 1.02. The predicted octanol–water partition coefficient (Wildman–Crippen LogP) is 2.07. The van der Waals surface area contributed by atoms with E-state index in [-0.39, 0.29) is 12.0 Å². The second-order valence-electron chi connectivity index (χ2n) is 5.94. The van der Waals surface area contributed by atoms with Crippen LogP contribution in [0.3, 0.4) is 0 Å². The number of hydrogen-bond acceptors (Lipinski definition) is 6. The lowest BCUT2D eigenvalue weighted by atomic mass is 10.2. The van der Waals surface area contributed by atoms with Crippen molar-refractivity contribution in [3.8, 4) is 0 Å². The van der Waals surface area contributed by atoms with Crippen LogP contribution in [0.4, 0.5) is 0 Å². The summed E-state index contributed by atoms with van der Waals surface area (Å²) in [5, 5.41) is 0. The number of carbonyl (C=O) groups excluding carboxylic acids is 1. The van der Waals surface area contributed by atoms with Crippen LogP contribution in [0.1, 0.15) is 25.3 Å². The Bertz CT molecular complexity index is 637. The van der Waals surface area contributed by atoms with Gasteiger partial charge in [-0.1, -0.05) is 12.1 Å². The molecule has 124 valence electrons. The standard InChI is InChI=1S/C17H23N3O3/c1-13(17-18-14-6-3-4-7-15(14)23-17)20-9-5-8-19(10-11-20)12-16(21)22-2/h3-4,6-7,13H,5,8-12H2,1-2H3. The van der Waals surface area contributed by atoms with Gasteiger partial charge in [-0.05, 0) is 25.5 Å². The Morgan fingerprint density at radius 1 is 1.30 bits per heavy atom. The molecule has 6 nitrogen and oxygen atoms in total. The number of para-hydroxylation sites is 2. The van der Waals surface area contributed by atoms with E-state index in [4.69, 9.17) is 9.15 Å². The molecule has 1 fully saturated rings. The van der Waals surface area contributed by atoms with Gasteiger partial charge in [0.15, 0.2) is 5.58 Å². The molecule has 2 heterocycles. The van der Waals surface area contributed by atoms with Gasteiger partial charge >= 0.3 is 5.97 Å². The highest BCUT2D eigenvalue weighted by Gasteiger charge is 2.24. The first kappa shape index (κ1) is 16.0. The molecule has 0 spiro atoms. The number of carbonyl (C=O) groups is 1. The van der Waals surface area contributed by atoms with Crippen LogP contribution >= 0.6 is 0 Å². The zero-order chi connectivity index (χ0) is 16.2. The van der Waals surface area contributed by atoms with E-state index in [0.717, 1.165) is 49.6 Å². The molecule has 0 amide bonds. The van der Waals surface area contributed by atoms with E-state index in [9.17, 15) is 4.79 Å². The molecule has 2 aromatic rings. The molecule has 1 atom stereocenters. The smallest absolute Gasteiger partial charge is 0.319 e. The molecule has 1 aliphatic rings. The average molecular weight is 317 g/mol. The first-order valence-corrected chi connectivity index (χ1v) is 8.06. The van der Waals surface area contributed by atoms with Gasteiger partial charge in [-0.25, -0.2) is 4.98 Å². The second-order valence-corrected chi connectivity index (χ2v) is 5.94. The molecule has 0 N–H and O–H groups in total. The summed E-state index contributed by atoms with van der Waals surface area (Å²) < 4.78 is 10.6. The number of hydrogen-bond donors (Lipinski definition) is 0. The minimum Gasteiger partial charge on any atom is -0.468 e. The van der Waals surface area contributed by atoms with Gasteiger partial charge in [-0.2, -0.15) is 0 Å². The molecule has 0 aliphatic carbocycles. The molecule has 0 radical (unpaired) electrons. The fourth-order valence-electron chi connectivity index (χ4n) is 3.01. The number of esters is 1. The van der Waals surface area contributed by atoms with E-state index in [1.807, 2.05) is 24.3 Å². The van der Waals surface area contributed by atoms with Crippen molar-refractivity contribution in [1.82, 2.24) is 14.8 Å². The third-order valence-corrected chi connectivity index (χ3v) is 4.42. The summed E-state index contributed by atoms with van der Waals surface area (Å²) >= 11 is 0. The number of rotatable bonds is 4. The zero-order valence-electron chi connectivity index (χ0n) is 13.7. The third-order valence-electron chi connectivity index (χ3n) is 4.42. The van der Waals surface area contributed by atoms with E-state index in [0.29, 0.717) is 6.54 Å². The van der Waals surface area contributed by atoms with Gasteiger partial charge in [0.1, 0.15) is 5.52 Å². The number of nitrogens with zero attached hydrogens (tertiary/aromatic N) is 3. The van der Waals surface area contributed by atoms with E-state index < -0.39 is 0 Å². The molecule has 3 rings (SSSR count). The minimum atomic E-state index is -0.176. The Kier molecular flexibility index (Phi) is 4.93. The predicted molar refractivity (Wildman–Crippen MR) is 87.1 cm³/mol. The SMILES string of the molecule is COC(=O)CN1CCCN(C(C)c2nc3ccccc3o2)CC1. The van der Waals surface area contributed by atoms with E-state index in [1.54, 1.807) is 0 Å². The summed E-state index contributed by atoms with van der Waals surface area (Å²) in [4.78, 5) is 20.5. The van der Waals surface area contributed by atoms with Crippen molar-refractivity contribution in [2.75, 3.05) is 39.8 Å². The van der Waals surface area contributed by atoms with Crippen LogP contribution in [0, 0.1) is 0 Å².